The first-order valence-corrected chi connectivity index (χ1v) is 10.6. The van der Waals surface area contributed by atoms with Crippen molar-refractivity contribution in [2.24, 2.45) is 5.73 Å². The van der Waals surface area contributed by atoms with Crippen LogP contribution in [0.2, 0.25) is 0 Å². The van der Waals surface area contributed by atoms with Crippen LogP contribution in [0.15, 0.2) is 73.3 Å². The van der Waals surface area contributed by atoms with Gasteiger partial charge in [0.15, 0.2) is 11.5 Å². The summed E-state index contributed by atoms with van der Waals surface area (Å²) < 4.78 is 2.06. The van der Waals surface area contributed by atoms with E-state index in [1.807, 2.05) is 42.7 Å². The maximum Gasteiger partial charge on any atom is 0.164 e. The van der Waals surface area contributed by atoms with Gasteiger partial charge in [0.25, 0.3) is 0 Å². The molecule has 1 aromatic carbocycles. The summed E-state index contributed by atoms with van der Waals surface area (Å²) in [5, 5.41) is 0. The summed E-state index contributed by atoms with van der Waals surface area (Å²) in [6, 6.07) is 16.3. The first kappa shape index (κ1) is 18.7. The number of hydrogen-bond donors (Lipinski definition) is 2. The van der Waals surface area contributed by atoms with Crippen molar-refractivity contribution in [1.82, 2.24) is 24.5 Å². The highest BCUT2D eigenvalue weighted by Gasteiger charge is 2.22. The van der Waals surface area contributed by atoms with Crippen LogP contribution >= 0.6 is 0 Å². The molecule has 0 amide bonds. The van der Waals surface area contributed by atoms with Crippen LogP contribution in [-0.2, 0) is 6.42 Å². The molecule has 0 radical (unpaired) electrons. The molecule has 1 atom stereocenters. The topological polar surface area (TPSA) is 109 Å². The van der Waals surface area contributed by atoms with E-state index >= 15 is 0 Å². The first-order chi connectivity index (χ1) is 15.7. The Labute approximate surface area is 184 Å². The van der Waals surface area contributed by atoms with Crippen LogP contribution in [0.1, 0.15) is 23.6 Å². The van der Waals surface area contributed by atoms with Crippen LogP contribution in [0.4, 0.5) is 5.82 Å². The highest BCUT2D eigenvalue weighted by Crippen LogP contribution is 2.35. The highest BCUT2D eigenvalue weighted by atomic mass is 15.1. The van der Waals surface area contributed by atoms with Crippen molar-refractivity contribution in [3.63, 3.8) is 0 Å². The minimum absolute atomic E-state index is 0.104. The SMILES string of the molecule is Nc1ncccc1-c1nc2cc(-c3cccnc3)cnc2n1-c1ccc2c(c1)CCC2N. The van der Waals surface area contributed by atoms with Gasteiger partial charge in [-0.1, -0.05) is 12.1 Å². The van der Waals surface area contributed by atoms with E-state index < -0.39 is 0 Å². The predicted octanol–water partition coefficient (Wildman–Crippen LogP) is 4.07. The Morgan fingerprint density at radius 1 is 0.938 bits per heavy atom. The van der Waals surface area contributed by atoms with Gasteiger partial charge in [-0.3, -0.25) is 9.55 Å². The average Bonchev–Trinajstić information content (AvgIpc) is 3.39. The van der Waals surface area contributed by atoms with Crippen molar-refractivity contribution in [2.45, 2.75) is 18.9 Å². The van der Waals surface area contributed by atoms with Crippen LogP contribution in [-0.4, -0.2) is 24.5 Å². The third-order valence-electron chi connectivity index (χ3n) is 6.08. The molecule has 7 nitrogen and oxygen atoms in total. The van der Waals surface area contributed by atoms with Gasteiger partial charge in [-0.05, 0) is 60.4 Å². The molecule has 156 valence electrons. The molecule has 4 heterocycles. The molecule has 0 fully saturated rings. The predicted molar refractivity (Wildman–Crippen MR) is 125 cm³/mol. The normalized spacial score (nSPS) is 15.2. The Kier molecular flexibility index (Phi) is 4.22. The molecule has 1 unspecified atom stereocenters. The lowest BCUT2D eigenvalue weighted by Gasteiger charge is -2.12. The number of hydrogen-bond acceptors (Lipinski definition) is 6. The zero-order valence-corrected chi connectivity index (χ0v) is 17.3. The van der Waals surface area contributed by atoms with Crippen molar-refractivity contribution in [3.05, 3.63) is 84.4 Å². The third kappa shape index (κ3) is 2.94. The summed E-state index contributed by atoms with van der Waals surface area (Å²) in [6.07, 6.45) is 9.06. The summed E-state index contributed by atoms with van der Waals surface area (Å²) in [5.74, 6) is 1.14. The fourth-order valence-electron chi connectivity index (χ4n) is 4.46. The Bertz CT molecular complexity index is 1460. The molecule has 6 rings (SSSR count). The van der Waals surface area contributed by atoms with E-state index in [-0.39, 0.29) is 6.04 Å². The van der Waals surface area contributed by atoms with E-state index in [2.05, 4.69) is 32.7 Å². The molecule has 4 N–H and O–H groups in total. The molecule has 7 heteroatoms. The molecule has 1 aliphatic carbocycles. The molecule has 0 saturated heterocycles. The van der Waals surface area contributed by atoms with E-state index in [1.54, 1.807) is 12.4 Å². The van der Waals surface area contributed by atoms with Crippen LogP contribution in [0, 0.1) is 0 Å². The maximum atomic E-state index is 6.26. The third-order valence-corrected chi connectivity index (χ3v) is 6.08. The number of aromatic nitrogens is 5. The summed E-state index contributed by atoms with van der Waals surface area (Å²) in [6.45, 7) is 0. The van der Waals surface area contributed by atoms with Gasteiger partial charge < -0.3 is 11.5 Å². The number of nitrogen functional groups attached to an aromatic ring is 1. The zero-order chi connectivity index (χ0) is 21.7. The van der Waals surface area contributed by atoms with Crippen LogP contribution in [0.3, 0.4) is 0 Å². The number of nitrogens with zero attached hydrogens (tertiary/aromatic N) is 5. The molecule has 0 saturated carbocycles. The second kappa shape index (κ2) is 7.25. The Morgan fingerprint density at radius 3 is 2.69 bits per heavy atom. The van der Waals surface area contributed by atoms with Gasteiger partial charge in [-0.2, -0.15) is 0 Å². The number of nitrogens with two attached hydrogens (primary N) is 2. The lowest BCUT2D eigenvalue weighted by atomic mass is 10.1. The van der Waals surface area contributed by atoms with Crippen LogP contribution < -0.4 is 11.5 Å². The Hall–Kier alpha value is -4.10. The molecule has 1 aliphatic rings. The number of anilines is 1. The number of aryl methyl sites for hydroxylation is 1. The first-order valence-electron chi connectivity index (χ1n) is 10.6. The summed E-state index contributed by atoms with van der Waals surface area (Å²) in [7, 11) is 0. The van der Waals surface area contributed by atoms with E-state index in [0.717, 1.165) is 46.4 Å². The molecule has 0 bridgehead atoms. The van der Waals surface area contributed by atoms with E-state index in [4.69, 9.17) is 21.4 Å². The largest absolute Gasteiger partial charge is 0.383 e. The maximum absolute atomic E-state index is 6.26. The summed E-state index contributed by atoms with van der Waals surface area (Å²) >= 11 is 0. The number of fused-ring (bicyclic) bond motifs is 2. The molecule has 32 heavy (non-hydrogen) atoms. The van der Waals surface area contributed by atoms with Gasteiger partial charge in [-0.15, -0.1) is 0 Å². The minimum Gasteiger partial charge on any atom is -0.383 e. The van der Waals surface area contributed by atoms with Gasteiger partial charge in [0, 0.05) is 47.6 Å². The standard InChI is InChI=1S/C25H21N7/c26-21-8-5-15-11-18(6-7-19(15)21)32-24(20-4-2-10-29-23(20)27)31-22-12-17(14-30-25(22)32)16-3-1-9-28-13-16/h1-4,6-7,9-14,21H,5,8,26H2,(H2,27,29). The van der Waals surface area contributed by atoms with Crippen molar-refractivity contribution in [3.8, 4) is 28.2 Å². The summed E-state index contributed by atoms with van der Waals surface area (Å²) in [4.78, 5) is 18.2. The molecule has 5 aromatic rings. The lowest BCUT2D eigenvalue weighted by Crippen LogP contribution is -2.06. The number of benzene rings is 1. The molecular weight excluding hydrogens is 398 g/mol. The monoisotopic (exact) mass is 419 g/mol. The van der Waals surface area contributed by atoms with Crippen LogP contribution in [0.25, 0.3) is 39.4 Å². The fourth-order valence-corrected chi connectivity index (χ4v) is 4.46. The second-order valence-electron chi connectivity index (χ2n) is 8.04. The van der Waals surface area contributed by atoms with Crippen molar-refractivity contribution < 1.29 is 0 Å². The average molecular weight is 419 g/mol. The molecule has 0 spiro atoms. The van der Waals surface area contributed by atoms with Crippen molar-refractivity contribution >= 4 is 17.0 Å². The quantitative estimate of drug-likeness (QED) is 0.456. The number of imidazole rings is 1. The van der Waals surface area contributed by atoms with Gasteiger partial charge in [-0.25, -0.2) is 15.0 Å². The van der Waals surface area contributed by atoms with Crippen molar-refractivity contribution in [2.75, 3.05) is 5.73 Å². The van der Waals surface area contributed by atoms with E-state index in [1.165, 1.54) is 11.1 Å². The van der Waals surface area contributed by atoms with E-state index in [9.17, 15) is 0 Å². The summed E-state index contributed by atoms with van der Waals surface area (Å²) in [5.41, 5.74) is 20.2. The van der Waals surface area contributed by atoms with Gasteiger partial charge in [0.05, 0.1) is 5.56 Å². The molecule has 0 aliphatic heterocycles. The molecule has 4 aromatic heterocycles. The lowest BCUT2D eigenvalue weighted by molar-refractivity contribution is 0.713. The Morgan fingerprint density at radius 2 is 1.84 bits per heavy atom. The minimum atomic E-state index is 0.104. The fraction of sp³-hybridized carbons (Fsp3) is 0.120. The Balaban J connectivity index is 1.60. The van der Waals surface area contributed by atoms with E-state index in [0.29, 0.717) is 11.6 Å². The van der Waals surface area contributed by atoms with Crippen molar-refractivity contribution in [1.29, 1.82) is 0 Å². The van der Waals surface area contributed by atoms with Gasteiger partial charge in [0.2, 0.25) is 0 Å². The zero-order valence-electron chi connectivity index (χ0n) is 17.3. The van der Waals surface area contributed by atoms with Gasteiger partial charge in [0.1, 0.15) is 11.3 Å². The van der Waals surface area contributed by atoms with Crippen LogP contribution in [0.5, 0.6) is 0 Å². The molecular formula is C25H21N7. The smallest absolute Gasteiger partial charge is 0.164 e. The second-order valence-corrected chi connectivity index (χ2v) is 8.04. The van der Waals surface area contributed by atoms with Gasteiger partial charge >= 0.3 is 0 Å². The highest BCUT2D eigenvalue weighted by molar-refractivity contribution is 5.85. The number of pyridine rings is 3. The number of rotatable bonds is 3.